The Kier molecular flexibility index (Phi) is 5.09. The third kappa shape index (κ3) is 4.07. The van der Waals surface area contributed by atoms with Crippen LogP contribution in [0.15, 0.2) is 29.3 Å². The molecule has 1 aromatic rings. The molecule has 24 heavy (non-hydrogen) atoms. The van der Waals surface area contributed by atoms with Gasteiger partial charge in [0.15, 0.2) is 5.96 Å². The van der Waals surface area contributed by atoms with E-state index in [-0.39, 0.29) is 16.8 Å². The van der Waals surface area contributed by atoms with Gasteiger partial charge in [-0.25, -0.2) is 4.39 Å². The summed E-state index contributed by atoms with van der Waals surface area (Å²) in [5.74, 6) is 0.657. The van der Waals surface area contributed by atoms with Crippen LogP contribution in [-0.4, -0.2) is 37.8 Å². The Bertz CT molecular complexity index is 575. The number of hydrogen-bond acceptors (Lipinski definition) is 2. The molecule has 2 fully saturated rings. The third-order valence-corrected chi connectivity index (χ3v) is 5.12. The van der Waals surface area contributed by atoms with Crippen molar-refractivity contribution in [2.45, 2.75) is 50.5 Å². The zero-order valence-corrected chi connectivity index (χ0v) is 14.7. The summed E-state index contributed by atoms with van der Waals surface area (Å²) < 4.78 is 18.9. The maximum absolute atomic E-state index is 13.1. The van der Waals surface area contributed by atoms with Gasteiger partial charge < -0.3 is 15.4 Å². The van der Waals surface area contributed by atoms with Crippen LogP contribution in [0.1, 0.15) is 45.1 Å². The minimum Gasteiger partial charge on any atom is -0.373 e. The summed E-state index contributed by atoms with van der Waals surface area (Å²) in [6.45, 7) is 7.36. The number of benzene rings is 1. The van der Waals surface area contributed by atoms with Gasteiger partial charge in [-0.2, -0.15) is 0 Å². The molecule has 2 N–H and O–H groups in total. The van der Waals surface area contributed by atoms with E-state index >= 15 is 0 Å². The van der Waals surface area contributed by atoms with Crippen molar-refractivity contribution in [2.24, 2.45) is 4.99 Å². The van der Waals surface area contributed by atoms with E-state index in [0.29, 0.717) is 6.54 Å². The molecule has 1 heterocycles. The first-order valence-corrected chi connectivity index (χ1v) is 8.97. The summed E-state index contributed by atoms with van der Waals surface area (Å²) >= 11 is 0. The van der Waals surface area contributed by atoms with E-state index in [2.05, 4.69) is 24.5 Å². The van der Waals surface area contributed by atoms with Gasteiger partial charge >= 0.3 is 0 Å². The Morgan fingerprint density at radius 1 is 1.21 bits per heavy atom. The van der Waals surface area contributed by atoms with Crippen LogP contribution in [0.5, 0.6) is 0 Å². The summed E-state index contributed by atoms with van der Waals surface area (Å²) in [5, 5.41) is 6.78. The van der Waals surface area contributed by atoms with Crippen molar-refractivity contribution in [3.8, 4) is 0 Å². The van der Waals surface area contributed by atoms with Gasteiger partial charge in [-0.15, -0.1) is 0 Å². The lowest BCUT2D eigenvalue weighted by molar-refractivity contribution is 0.0283. The standard InChI is InChI=1S/C19H28FN3O/c1-3-21-17(22-13-18(2)9-4-12-24-18)23-14-19(10-11-19)15-5-7-16(20)8-6-15/h5-8H,3-4,9-14H2,1-2H3,(H2,21,22,23). The first-order chi connectivity index (χ1) is 11.6. The summed E-state index contributed by atoms with van der Waals surface area (Å²) in [5.41, 5.74) is 1.20. The Labute approximate surface area is 143 Å². The van der Waals surface area contributed by atoms with Crippen molar-refractivity contribution in [1.82, 2.24) is 10.6 Å². The van der Waals surface area contributed by atoms with Crippen LogP contribution in [0.3, 0.4) is 0 Å². The second kappa shape index (κ2) is 7.09. The van der Waals surface area contributed by atoms with E-state index in [1.807, 2.05) is 12.1 Å². The number of nitrogens with zero attached hydrogens (tertiary/aromatic N) is 1. The normalized spacial score (nSPS) is 25.5. The predicted molar refractivity (Wildman–Crippen MR) is 94.9 cm³/mol. The summed E-state index contributed by atoms with van der Waals surface area (Å²) in [6, 6.07) is 6.91. The van der Waals surface area contributed by atoms with Crippen molar-refractivity contribution in [3.63, 3.8) is 0 Å². The third-order valence-electron chi connectivity index (χ3n) is 5.12. The molecule has 0 spiro atoms. The largest absolute Gasteiger partial charge is 0.373 e. The van der Waals surface area contributed by atoms with Crippen molar-refractivity contribution >= 4 is 5.96 Å². The Balaban J connectivity index is 1.60. The minimum absolute atomic E-state index is 0.123. The van der Waals surface area contributed by atoms with Crippen LogP contribution < -0.4 is 10.6 Å². The van der Waals surface area contributed by atoms with E-state index < -0.39 is 0 Å². The zero-order chi connectivity index (χ0) is 17.0. The molecule has 3 rings (SSSR count). The van der Waals surface area contributed by atoms with Gasteiger partial charge in [0.25, 0.3) is 0 Å². The van der Waals surface area contributed by atoms with Crippen LogP contribution in [0.25, 0.3) is 0 Å². The Morgan fingerprint density at radius 2 is 1.96 bits per heavy atom. The highest BCUT2D eigenvalue weighted by atomic mass is 19.1. The number of rotatable bonds is 6. The number of aliphatic imine (C=N–C) groups is 1. The molecule has 1 aliphatic carbocycles. The highest BCUT2D eigenvalue weighted by Crippen LogP contribution is 2.47. The SMILES string of the molecule is CCNC(=NCC1(C)CCCO1)NCC1(c2ccc(F)cc2)CC1. The molecule has 0 aromatic heterocycles. The number of halogens is 1. The molecular weight excluding hydrogens is 305 g/mol. The van der Waals surface area contributed by atoms with Crippen molar-refractivity contribution in [3.05, 3.63) is 35.6 Å². The smallest absolute Gasteiger partial charge is 0.191 e. The van der Waals surface area contributed by atoms with Crippen LogP contribution in [0.4, 0.5) is 4.39 Å². The van der Waals surface area contributed by atoms with Crippen molar-refractivity contribution in [1.29, 1.82) is 0 Å². The minimum atomic E-state index is -0.179. The number of nitrogens with one attached hydrogen (secondary N) is 2. The lowest BCUT2D eigenvalue weighted by atomic mass is 9.96. The molecule has 1 aromatic carbocycles. The van der Waals surface area contributed by atoms with Crippen LogP contribution in [-0.2, 0) is 10.2 Å². The lowest BCUT2D eigenvalue weighted by Crippen LogP contribution is -2.42. The maximum Gasteiger partial charge on any atom is 0.191 e. The topological polar surface area (TPSA) is 45.7 Å². The van der Waals surface area contributed by atoms with Crippen LogP contribution >= 0.6 is 0 Å². The Morgan fingerprint density at radius 3 is 2.54 bits per heavy atom. The fraction of sp³-hybridized carbons (Fsp3) is 0.632. The molecule has 0 bridgehead atoms. The van der Waals surface area contributed by atoms with E-state index in [1.165, 1.54) is 5.56 Å². The number of ether oxygens (including phenoxy) is 1. The average molecular weight is 333 g/mol. The van der Waals surface area contributed by atoms with Crippen LogP contribution in [0, 0.1) is 5.82 Å². The molecule has 1 saturated carbocycles. The number of guanidine groups is 1. The number of hydrogen-bond donors (Lipinski definition) is 2. The molecule has 4 nitrogen and oxygen atoms in total. The fourth-order valence-electron chi connectivity index (χ4n) is 3.32. The van der Waals surface area contributed by atoms with Gasteiger partial charge in [-0.05, 0) is 57.2 Å². The first-order valence-electron chi connectivity index (χ1n) is 8.97. The molecule has 1 saturated heterocycles. The van der Waals surface area contributed by atoms with Gasteiger partial charge in [0, 0.05) is 25.1 Å². The molecular formula is C19H28FN3O. The van der Waals surface area contributed by atoms with Crippen molar-refractivity contribution in [2.75, 3.05) is 26.2 Å². The van der Waals surface area contributed by atoms with E-state index in [1.54, 1.807) is 12.1 Å². The fourth-order valence-corrected chi connectivity index (χ4v) is 3.32. The molecule has 132 valence electrons. The average Bonchev–Trinajstić information content (AvgIpc) is 3.25. The lowest BCUT2D eigenvalue weighted by Gasteiger charge is -2.23. The molecule has 0 radical (unpaired) electrons. The molecule has 0 amide bonds. The van der Waals surface area contributed by atoms with Gasteiger partial charge in [0.05, 0.1) is 12.1 Å². The van der Waals surface area contributed by atoms with Gasteiger partial charge in [-0.1, -0.05) is 12.1 Å². The molecule has 2 aliphatic rings. The summed E-state index contributed by atoms with van der Waals surface area (Å²) in [4.78, 5) is 4.72. The second-order valence-electron chi connectivity index (χ2n) is 7.24. The quantitative estimate of drug-likeness (QED) is 0.621. The van der Waals surface area contributed by atoms with Gasteiger partial charge in [0.2, 0.25) is 0 Å². The van der Waals surface area contributed by atoms with Gasteiger partial charge in [-0.3, -0.25) is 4.99 Å². The molecule has 1 atom stereocenters. The predicted octanol–water partition coefficient (Wildman–Crippen LogP) is 2.98. The summed E-state index contributed by atoms with van der Waals surface area (Å²) in [6.07, 6.45) is 4.44. The van der Waals surface area contributed by atoms with Gasteiger partial charge in [0.1, 0.15) is 5.82 Å². The van der Waals surface area contributed by atoms with E-state index in [0.717, 1.165) is 51.3 Å². The summed E-state index contributed by atoms with van der Waals surface area (Å²) in [7, 11) is 0. The maximum atomic E-state index is 13.1. The zero-order valence-electron chi connectivity index (χ0n) is 14.7. The highest BCUT2D eigenvalue weighted by Gasteiger charge is 2.44. The molecule has 1 aliphatic heterocycles. The molecule has 5 heteroatoms. The second-order valence-corrected chi connectivity index (χ2v) is 7.24. The monoisotopic (exact) mass is 333 g/mol. The van der Waals surface area contributed by atoms with Crippen molar-refractivity contribution < 1.29 is 9.13 Å². The highest BCUT2D eigenvalue weighted by molar-refractivity contribution is 5.80. The molecule has 1 unspecified atom stereocenters. The van der Waals surface area contributed by atoms with E-state index in [4.69, 9.17) is 9.73 Å². The van der Waals surface area contributed by atoms with E-state index in [9.17, 15) is 4.39 Å². The Hall–Kier alpha value is -1.62. The van der Waals surface area contributed by atoms with Crippen LogP contribution in [0.2, 0.25) is 0 Å². The first kappa shape index (κ1) is 17.2.